The molecular formula is C17H15BrF3N3O3S. The molecule has 0 aliphatic carbocycles. The molecule has 3 N–H and O–H groups in total. The van der Waals surface area contributed by atoms with Crippen LogP contribution in [0.3, 0.4) is 0 Å². The second-order valence-corrected chi connectivity index (χ2v) is 8.09. The van der Waals surface area contributed by atoms with E-state index in [1.54, 1.807) is 17.4 Å². The van der Waals surface area contributed by atoms with Gasteiger partial charge in [-0.3, -0.25) is 14.4 Å². The number of para-hydroxylation sites is 1. The first-order valence-electron chi connectivity index (χ1n) is 7.88. The van der Waals surface area contributed by atoms with Gasteiger partial charge in [0.15, 0.2) is 0 Å². The summed E-state index contributed by atoms with van der Waals surface area (Å²) in [6.45, 7) is -0.0425. The average molecular weight is 478 g/mol. The zero-order valence-corrected chi connectivity index (χ0v) is 16.8. The molecule has 150 valence electrons. The molecule has 2 aromatic rings. The fourth-order valence-corrected chi connectivity index (χ4v) is 3.37. The molecule has 1 aromatic carbocycles. The van der Waals surface area contributed by atoms with Crippen LogP contribution in [-0.2, 0) is 4.79 Å². The number of alkyl halides is 3. The lowest BCUT2D eigenvalue weighted by Gasteiger charge is -2.16. The highest BCUT2D eigenvalue weighted by Crippen LogP contribution is 2.22. The van der Waals surface area contributed by atoms with Gasteiger partial charge >= 0.3 is 6.18 Å². The van der Waals surface area contributed by atoms with Crippen LogP contribution in [0.4, 0.5) is 18.9 Å². The standard InChI is InChI=1S/C17H15BrF3N3O3S/c1-9(23-16(27)12-6-7-13(18)28-12)14(25)24-11-5-3-2-4-10(11)15(26)22-8-17(19,20)21/h2-7,9H,8H2,1H3,(H,22,26)(H,23,27)(H,24,25). The lowest BCUT2D eigenvalue weighted by Crippen LogP contribution is -2.41. The molecule has 0 aliphatic rings. The number of carbonyl (C=O) groups is 3. The topological polar surface area (TPSA) is 87.3 Å². The Morgan fingerprint density at radius 2 is 1.79 bits per heavy atom. The number of benzene rings is 1. The Labute approximate surface area is 170 Å². The van der Waals surface area contributed by atoms with Gasteiger partial charge in [0.05, 0.1) is 19.9 Å². The summed E-state index contributed by atoms with van der Waals surface area (Å²) in [5.41, 5.74) is -0.0899. The number of amides is 3. The van der Waals surface area contributed by atoms with Crippen LogP contribution in [0.1, 0.15) is 27.0 Å². The van der Waals surface area contributed by atoms with Gasteiger partial charge < -0.3 is 16.0 Å². The quantitative estimate of drug-likeness (QED) is 0.594. The molecule has 1 unspecified atom stereocenters. The highest BCUT2D eigenvalue weighted by Gasteiger charge is 2.28. The molecular weight excluding hydrogens is 463 g/mol. The number of rotatable bonds is 6. The summed E-state index contributed by atoms with van der Waals surface area (Å²) >= 11 is 4.43. The van der Waals surface area contributed by atoms with Crippen LogP contribution in [0, 0.1) is 0 Å². The summed E-state index contributed by atoms with van der Waals surface area (Å²) in [5, 5.41) is 6.71. The normalized spacial score (nSPS) is 12.2. The molecule has 0 aliphatic heterocycles. The lowest BCUT2D eigenvalue weighted by molar-refractivity contribution is -0.123. The molecule has 3 amide bonds. The van der Waals surface area contributed by atoms with E-state index in [0.29, 0.717) is 4.88 Å². The van der Waals surface area contributed by atoms with Gasteiger partial charge in [-0.2, -0.15) is 13.2 Å². The molecule has 0 fully saturated rings. The first-order chi connectivity index (χ1) is 13.1. The first-order valence-corrected chi connectivity index (χ1v) is 9.49. The van der Waals surface area contributed by atoms with E-state index < -0.39 is 36.5 Å². The molecule has 1 atom stereocenters. The Morgan fingerprint density at radius 3 is 2.39 bits per heavy atom. The van der Waals surface area contributed by atoms with E-state index in [1.165, 1.54) is 42.5 Å². The molecule has 0 bridgehead atoms. The van der Waals surface area contributed by atoms with Crippen LogP contribution in [0.15, 0.2) is 40.2 Å². The minimum atomic E-state index is -4.55. The Bertz CT molecular complexity index is 886. The molecule has 6 nitrogen and oxygen atoms in total. The summed E-state index contributed by atoms with van der Waals surface area (Å²) in [5.74, 6) is -2.05. The van der Waals surface area contributed by atoms with E-state index >= 15 is 0 Å². The van der Waals surface area contributed by atoms with Gasteiger partial charge in [0.25, 0.3) is 11.8 Å². The second kappa shape index (κ2) is 9.20. The monoisotopic (exact) mass is 477 g/mol. The molecule has 1 heterocycles. The van der Waals surface area contributed by atoms with Gasteiger partial charge in [0, 0.05) is 0 Å². The van der Waals surface area contributed by atoms with Crippen molar-refractivity contribution in [3.8, 4) is 0 Å². The van der Waals surface area contributed by atoms with Gasteiger partial charge in [0.1, 0.15) is 12.6 Å². The Kier molecular flexibility index (Phi) is 7.19. The van der Waals surface area contributed by atoms with E-state index in [2.05, 4.69) is 26.6 Å². The van der Waals surface area contributed by atoms with E-state index in [4.69, 9.17) is 0 Å². The van der Waals surface area contributed by atoms with Crippen molar-refractivity contribution >= 4 is 50.7 Å². The third kappa shape index (κ3) is 6.34. The maximum atomic E-state index is 12.3. The highest BCUT2D eigenvalue weighted by atomic mass is 79.9. The lowest BCUT2D eigenvalue weighted by atomic mass is 10.1. The fourth-order valence-electron chi connectivity index (χ4n) is 2.08. The number of carbonyl (C=O) groups excluding carboxylic acids is 3. The Hall–Kier alpha value is -2.40. The van der Waals surface area contributed by atoms with E-state index in [0.717, 1.165) is 3.79 Å². The smallest absolute Gasteiger partial charge is 0.343 e. The van der Waals surface area contributed by atoms with Gasteiger partial charge in [0.2, 0.25) is 5.91 Å². The molecule has 1 aromatic heterocycles. The third-order valence-corrected chi connectivity index (χ3v) is 5.04. The van der Waals surface area contributed by atoms with Crippen molar-refractivity contribution in [2.45, 2.75) is 19.1 Å². The summed E-state index contributed by atoms with van der Waals surface area (Å²) in [4.78, 5) is 36.8. The summed E-state index contributed by atoms with van der Waals surface area (Å²) < 4.78 is 37.6. The molecule has 0 saturated carbocycles. The largest absolute Gasteiger partial charge is 0.405 e. The molecule has 28 heavy (non-hydrogen) atoms. The minimum absolute atomic E-state index is 0.0344. The van der Waals surface area contributed by atoms with Crippen molar-refractivity contribution in [3.05, 3.63) is 50.6 Å². The number of nitrogens with one attached hydrogen (secondary N) is 3. The highest BCUT2D eigenvalue weighted by molar-refractivity contribution is 9.11. The van der Waals surface area contributed by atoms with Gasteiger partial charge in [-0.1, -0.05) is 12.1 Å². The fraction of sp³-hybridized carbons (Fsp3) is 0.235. The van der Waals surface area contributed by atoms with Crippen molar-refractivity contribution in [3.63, 3.8) is 0 Å². The number of halogens is 4. The predicted octanol–water partition coefficient (Wildman–Crippen LogP) is 3.56. The number of hydrogen-bond donors (Lipinski definition) is 3. The van der Waals surface area contributed by atoms with Crippen LogP contribution in [-0.4, -0.2) is 36.5 Å². The van der Waals surface area contributed by atoms with Crippen molar-refractivity contribution in [2.24, 2.45) is 0 Å². The van der Waals surface area contributed by atoms with Gasteiger partial charge in [-0.05, 0) is 47.1 Å². The van der Waals surface area contributed by atoms with Crippen molar-refractivity contribution in [1.82, 2.24) is 10.6 Å². The molecule has 11 heteroatoms. The first kappa shape index (κ1) is 21.9. The van der Waals surface area contributed by atoms with Crippen LogP contribution >= 0.6 is 27.3 Å². The summed E-state index contributed by atoms with van der Waals surface area (Å²) in [6, 6.07) is 7.98. The molecule has 0 saturated heterocycles. The predicted molar refractivity (Wildman–Crippen MR) is 102 cm³/mol. The number of thiophene rings is 1. The molecule has 2 rings (SSSR count). The third-order valence-electron chi connectivity index (χ3n) is 3.42. The van der Waals surface area contributed by atoms with Crippen molar-refractivity contribution < 1.29 is 27.6 Å². The Balaban J connectivity index is 2.03. The minimum Gasteiger partial charge on any atom is -0.343 e. The molecule has 0 spiro atoms. The molecule has 0 radical (unpaired) electrons. The maximum absolute atomic E-state index is 12.3. The van der Waals surface area contributed by atoms with Crippen LogP contribution in [0.5, 0.6) is 0 Å². The average Bonchev–Trinajstić information content (AvgIpc) is 3.06. The van der Waals surface area contributed by atoms with E-state index in [1.807, 2.05) is 0 Å². The van der Waals surface area contributed by atoms with Crippen LogP contribution in [0.2, 0.25) is 0 Å². The van der Waals surface area contributed by atoms with Gasteiger partial charge in [-0.15, -0.1) is 11.3 Å². The van der Waals surface area contributed by atoms with Crippen molar-refractivity contribution in [1.29, 1.82) is 0 Å². The van der Waals surface area contributed by atoms with Crippen LogP contribution in [0.25, 0.3) is 0 Å². The number of hydrogen-bond acceptors (Lipinski definition) is 4. The van der Waals surface area contributed by atoms with Gasteiger partial charge in [-0.25, -0.2) is 0 Å². The zero-order chi connectivity index (χ0) is 20.9. The van der Waals surface area contributed by atoms with E-state index in [9.17, 15) is 27.6 Å². The Morgan fingerprint density at radius 1 is 1.11 bits per heavy atom. The maximum Gasteiger partial charge on any atom is 0.405 e. The van der Waals surface area contributed by atoms with E-state index in [-0.39, 0.29) is 11.3 Å². The number of anilines is 1. The van der Waals surface area contributed by atoms with Crippen LogP contribution < -0.4 is 16.0 Å². The SMILES string of the molecule is CC(NC(=O)c1ccc(Br)s1)C(=O)Nc1ccccc1C(=O)NCC(F)(F)F. The van der Waals surface area contributed by atoms with Crippen molar-refractivity contribution in [2.75, 3.05) is 11.9 Å². The summed E-state index contributed by atoms with van der Waals surface area (Å²) in [7, 11) is 0. The second-order valence-electron chi connectivity index (χ2n) is 5.63. The zero-order valence-electron chi connectivity index (χ0n) is 14.4. The summed E-state index contributed by atoms with van der Waals surface area (Å²) in [6.07, 6.45) is -4.55.